The van der Waals surface area contributed by atoms with Gasteiger partial charge in [0, 0.05) is 19.3 Å². The fraction of sp³-hybridized carbons (Fsp3) is 0.636. The van der Waals surface area contributed by atoms with Crippen LogP contribution in [0.2, 0.25) is 5.28 Å². The molecule has 0 aromatic carbocycles. The smallest absolute Gasteiger partial charge is 0.224 e. The molecule has 0 amide bonds. The van der Waals surface area contributed by atoms with E-state index in [2.05, 4.69) is 14.9 Å². The first kappa shape index (κ1) is 9.40. The van der Waals surface area contributed by atoms with Crippen molar-refractivity contribution in [3.63, 3.8) is 0 Å². The van der Waals surface area contributed by atoms with E-state index in [1.165, 1.54) is 19.3 Å². The van der Waals surface area contributed by atoms with Crippen LogP contribution in [0.15, 0.2) is 12.3 Å². The topological polar surface area (TPSA) is 29.0 Å². The molecule has 2 atom stereocenters. The molecule has 1 aliphatic carbocycles. The highest BCUT2D eigenvalue weighted by molar-refractivity contribution is 6.28. The van der Waals surface area contributed by atoms with Gasteiger partial charge in [-0.1, -0.05) is 6.42 Å². The summed E-state index contributed by atoms with van der Waals surface area (Å²) in [7, 11) is 0. The Kier molecular flexibility index (Phi) is 2.28. The van der Waals surface area contributed by atoms with Crippen molar-refractivity contribution >= 4 is 17.4 Å². The molecule has 4 heteroatoms. The first-order chi connectivity index (χ1) is 7.33. The minimum absolute atomic E-state index is 0.351. The second kappa shape index (κ2) is 3.63. The van der Waals surface area contributed by atoms with E-state index >= 15 is 0 Å². The second-order valence-electron chi connectivity index (χ2n) is 4.54. The molecule has 0 spiro atoms. The van der Waals surface area contributed by atoms with Crippen LogP contribution in [0.5, 0.6) is 0 Å². The summed E-state index contributed by atoms with van der Waals surface area (Å²) in [6.45, 7) is 2.30. The lowest BCUT2D eigenvalue weighted by atomic mass is 10.0. The Balaban J connectivity index is 1.79. The van der Waals surface area contributed by atoms with Gasteiger partial charge in [-0.3, -0.25) is 0 Å². The second-order valence-corrected chi connectivity index (χ2v) is 4.88. The molecule has 1 saturated heterocycles. The molecule has 3 nitrogen and oxygen atoms in total. The Hall–Kier alpha value is -0.830. The molecule has 2 unspecified atom stereocenters. The maximum atomic E-state index is 5.80. The molecule has 1 aliphatic heterocycles. The van der Waals surface area contributed by atoms with Gasteiger partial charge >= 0.3 is 0 Å². The third-order valence-electron chi connectivity index (χ3n) is 3.66. The molecule has 80 valence electrons. The van der Waals surface area contributed by atoms with E-state index in [-0.39, 0.29) is 0 Å². The maximum absolute atomic E-state index is 5.80. The predicted octanol–water partition coefficient (Wildman–Crippen LogP) is 2.37. The van der Waals surface area contributed by atoms with Crippen molar-refractivity contribution in [3.05, 3.63) is 17.5 Å². The van der Waals surface area contributed by atoms with E-state index in [9.17, 15) is 0 Å². The zero-order valence-corrected chi connectivity index (χ0v) is 9.32. The number of hydrogen-bond acceptors (Lipinski definition) is 3. The minimum Gasteiger partial charge on any atom is -0.356 e. The molecule has 1 aromatic rings. The van der Waals surface area contributed by atoms with Crippen LogP contribution in [-0.2, 0) is 0 Å². The van der Waals surface area contributed by atoms with Gasteiger partial charge in [-0.2, -0.15) is 0 Å². The average molecular weight is 224 g/mol. The van der Waals surface area contributed by atoms with E-state index in [1.807, 2.05) is 6.07 Å². The van der Waals surface area contributed by atoms with Gasteiger partial charge in [0.05, 0.1) is 0 Å². The van der Waals surface area contributed by atoms with Gasteiger partial charge < -0.3 is 4.90 Å². The Morgan fingerprint density at radius 3 is 2.67 bits per heavy atom. The molecule has 15 heavy (non-hydrogen) atoms. The van der Waals surface area contributed by atoms with E-state index in [1.54, 1.807) is 6.20 Å². The van der Waals surface area contributed by atoms with Crippen LogP contribution in [-0.4, -0.2) is 23.1 Å². The summed E-state index contributed by atoms with van der Waals surface area (Å²) in [5, 5.41) is 0.351. The van der Waals surface area contributed by atoms with Crippen molar-refractivity contribution in [1.29, 1.82) is 0 Å². The summed E-state index contributed by atoms with van der Waals surface area (Å²) >= 11 is 5.80. The number of aromatic nitrogens is 2. The lowest BCUT2D eigenvalue weighted by Gasteiger charge is -2.17. The van der Waals surface area contributed by atoms with Gasteiger partial charge in [0.15, 0.2) is 0 Å². The monoisotopic (exact) mass is 223 g/mol. The van der Waals surface area contributed by atoms with Crippen molar-refractivity contribution in [2.24, 2.45) is 11.8 Å². The van der Waals surface area contributed by atoms with Gasteiger partial charge in [-0.25, -0.2) is 9.97 Å². The summed E-state index contributed by atoms with van der Waals surface area (Å²) in [6, 6.07) is 1.95. The van der Waals surface area contributed by atoms with Crippen molar-refractivity contribution < 1.29 is 0 Å². The van der Waals surface area contributed by atoms with Gasteiger partial charge in [-0.05, 0) is 42.3 Å². The largest absolute Gasteiger partial charge is 0.356 e. The van der Waals surface area contributed by atoms with Crippen LogP contribution in [0.1, 0.15) is 19.3 Å². The fourth-order valence-corrected chi connectivity index (χ4v) is 3.07. The zero-order valence-electron chi connectivity index (χ0n) is 8.56. The van der Waals surface area contributed by atoms with Crippen molar-refractivity contribution in [2.45, 2.75) is 19.3 Å². The molecule has 0 bridgehead atoms. The van der Waals surface area contributed by atoms with Crippen molar-refractivity contribution in [3.8, 4) is 0 Å². The molecule has 1 aromatic heterocycles. The fourth-order valence-electron chi connectivity index (χ4n) is 2.92. The molecule has 3 rings (SSSR count). The van der Waals surface area contributed by atoms with Crippen molar-refractivity contribution in [2.75, 3.05) is 18.0 Å². The number of hydrogen-bond donors (Lipinski definition) is 0. The lowest BCUT2D eigenvalue weighted by Crippen LogP contribution is -2.21. The van der Waals surface area contributed by atoms with Crippen LogP contribution >= 0.6 is 11.6 Å². The van der Waals surface area contributed by atoms with E-state index in [4.69, 9.17) is 11.6 Å². The minimum atomic E-state index is 0.351. The first-order valence-electron chi connectivity index (χ1n) is 5.56. The molecule has 2 fully saturated rings. The lowest BCUT2D eigenvalue weighted by molar-refractivity contribution is 0.494. The predicted molar refractivity (Wildman–Crippen MR) is 60.1 cm³/mol. The molecule has 2 heterocycles. The maximum Gasteiger partial charge on any atom is 0.224 e. The highest BCUT2D eigenvalue weighted by Gasteiger charge is 2.36. The molecule has 1 saturated carbocycles. The summed E-state index contributed by atoms with van der Waals surface area (Å²) < 4.78 is 0. The molecule has 2 aliphatic rings. The third kappa shape index (κ3) is 1.69. The third-order valence-corrected chi connectivity index (χ3v) is 3.84. The average Bonchev–Trinajstić information content (AvgIpc) is 2.76. The van der Waals surface area contributed by atoms with Gasteiger partial charge in [0.25, 0.3) is 0 Å². The Morgan fingerprint density at radius 2 is 2.00 bits per heavy atom. The zero-order chi connectivity index (χ0) is 10.3. The first-order valence-corrected chi connectivity index (χ1v) is 5.94. The van der Waals surface area contributed by atoms with Crippen LogP contribution in [0, 0.1) is 11.8 Å². The molecule has 0 N–H and O–H groups in total. The van der Waals surface area contributed by atoms with Gasteiger partial charge in [0.1, 0.15) is 5.82 Å². The van der Waals surface area contributed by atoms with Crippen LogP contribution in [0.25, 0.3) is 0 Å². The van der Waals surface area contributed by atoms with E-state index < -0.39 is 0 Å². The highest BCUT2D eigenvalue weighted by Crippen LogP contribution is 2.39. The number of rotatable bonds is 1. The Morgan fingerprint density at radius 1 is 1.27 bits per heavy atom. The summed E-state index contributed by atoms with van der Waals surface area (Å²) in [4.78, 5) is 10.5. The normalized spacial score (nSPS) is 29.5. The van der Waals surface area contributed by atoms with Gasteiger partial charge in [0.2, 0.25) is 5.28 Å². The van der Waals surface area contributed by atoms with Crippen LogP contribution < -0.4 is 4.90 Å². The van der Waals surface area contributed by atoms with Crippen LogP contribution in [0.4, 0.5) is 5.82 Å². The summed E-state index contributed by atoms with van der Waals surface area (Å²) in [6.07, 6.45) is 5.92. The standard InChI is InChI=1S/C11H14ClN3/c12-11-13-5-4-10(14-11)15-6-8-2-1-3-9(8)7-15/h4-5,8-9H,1-3,6-7H2. The number of halogens is 1. The number of nitrogens with zero attached hydrogens (tertiary/aromatic N) is 3. The van der Waals surface area contributed by atoms with E-state index in [0.29, 0.717) is 5.28 Å². The van der Waals surface area contributed by atoms with Crippen LogP contribution in [0.3, 0.4) is 0 Å². The Bertz CT molecular complexity index is 357. The SMILES string of the molecule is Clc1nccc(N2CC3CCCC3C2)n1. The number of fused-ring (bicyclic) bond motifs is 1. The quantitative estimate of drug-likeness (QED) is 0.685. The Labute approximate surface area is 94.5 Å². The molecular weight excluding hydrogens is 210 g/mol. The number of anilines is 1. The van der Waals surface area contributed by atoms with Crippen molar-refractivity contribution in [1.82, 2.24) is 9.97 Å². The molecule has 0 radical (unpaired) electrons. The molecular formula is C11H14ClN3. The van der Waals surface area contributed by atoms with E-state index in [0.717, 1.165) is 30.7 Å². The van der Waals surface area contributed by atoms with Gasteiger partial charge in [-0.15, -0.1) is 0 Å². The highest BCUT2D eigenvalue weighted by atomic mass is 35.5. The summed E-state index contributed by atoms with van der Waals surface area (Å²) in [5.74, 6) is 2.77. The summed E-state index contributed by atoms with van der Waals surface area (Å²) in [5.41, 5.74) is 0.